The molecule has 1 saturated heterocycles. The molecule has 0 aliphatic carbocycles. The fourth-order valence-corrected chi connectivity index (χ4v) is 6.33. The van der Waals surface area contributed by atoms with Gasteiger partial charge in [-0.15, -0.1) is 0 Å². The van der Waals surface area contributed by atoms with E-state index in [1.807, 2.05) is 7.11 Å². The molecule has 3 heteroatoms. The van der Waals surface area contributed by atoms with E-state index in [9.17, 15) is 0 Å². The fraction of sp³-hybridized carbons (Fsp3) is 1.00. The summed E-state index contributed by atoms with van der Waals surface area (Å²) in [6.07, 6.45) is 12.9. The van der Waals surface area contributed by atoms with Crippen LogP contribution in [0, 0.1) is 0 Å². The van der Waals surface area contributed by atoms with Gasteiger partial charge >= 0.3 is 0 Å². The van der Waals surface area contributed by atoms with E-state index in [1.165, 1.54) is 63.8 Å². The first-order valence-electron chi connectivity index (χ1n) is 7.26. The summed E-state index contributed by atoms with van der Waals surface area (Å²) in [5.41, 5.74) is 0. The Kier molecular flexibility index (Phi) is 9.19. The van der Waals surface area contributed by atoms with Crippen LogP contribution in [-0.4, -0.2) is 16.2 Å². The fourth-order valence-electron chi connectivity index (χ4n) is 3.20. The topological polar surface area (TPSA) is 44.2 Å². The van der Waals surface area contributed by atoms with Crippen LogP contribution in [0.5, 0.6) is 0 Å². The number of rotatable bonds is 8. The summed E-state index contributed by atoms with van der Waals surface area (Å²) in [7, 11) is 1.09. The van der Waals surface area contributed by atoms with Gasteiger partial charge in [0.05, 0.1) is 0 Å². The molecule has 1 heterocycles. The molecule has 1 fully saturated rings. The minimum absolute atomic E-state index is 0. The van der Waals surface area contributed by atoms with Gasteiger partial charge in [-0.25, -0.2) is 0 Å². The lowest BCUT2D eigenvalue weighted by Crippen LogP contribution is -2.26. The predicted octanol–water partition coefficient (Wildman–Crippen LogP) is 4.82. The predicted molar refractivity (Wildman–Crippen MR) is 79.6 cm³/mol. The van der Waals surface area contributed by atoms with Gasteiger partial charge in [0, 0.05) is 7.11 Å². The van der Waals surface area contributed by atoms with E-state index in [-0.39, 0.29) is 6.15 Å². The van der Waals surface area contributed by atoms with E-state index in [2.05, 4.69) is 13.8 Å². The van der Waals surface area contributed by atoms with Crippen LogP contribution < -0.4 is 6.15 Å². The second-order valence-corrected chi connectivity index (χ2v) is 9.21. The molecule has 1 aliphatic rings. The van der Waals surface area contributed by atoms with Crippen molar-refractivity contribution in [3.8, 4) is 0 Å². The van der Waals surface area contributed by atoms with E-state index in [0.29, 0.717) is 5.04 Å². The summed E-state index contributed by atoms with van der Waals surface area (Å²) in [5.74, 6) is 0. The quantitative estimate of drug-likeness (QED) is 0.501. The van der Waals surface area contributed by atoms with E-state index in [0.717, 1.165) is 0 Å². The number of hydrogen-bond acceptors (Lipinski definition) is 2. The smallest absolute Gasteiger partial charge is 0.182 e. The zero-order valence-electron chi connectivity index (χ0n) is 12.3. The maximum Gasteiger partial charge on any atom is 0.182 e. The van der Waals surface area contributed by atoms with Crippen LogP contribution in [-0.2, 0) is 4.43 Å². The molecule has 0 radical (unpaired) electrons. The lowest BCUT2D eigenvalue weighted by molar-refractivity contribution is 0.373. The van der Waals surface area contributed by atoms with Crippen molar-refractivity contribution in [1.82, 2.24) is 6.15 Å². The molecular formula is C14H33NOSi. The monoisotopic (exact) mass is 259 g/mol. The first-order valence-corrected chi connectivity index (χ1v) is 9.12. The van der Waals surface area contributed by atoms with Crippen molar-refractivity contribution in [2.75, 3.05) is 7.11 Å². The lowest BCUT2D eigenvalue weighted by Gasteiger charge is -2.29. The summed E-state index contributed by atoms with van der Waals surface area (Å²) >= 11 is 0. The van der Waals surface area contributed by atoms with Gasteiger partial charge < -0.3 is 10.6 Å². The van der Waals surface area contributed by atoms with Crippen LogP contribution in [0.25, 0.3) is 0 Å². The zero-order chi connectivity index (χ0) is 11.9. The highest BCUT2D eigenvalue weighted by molar-refractivity contribution is 6.56. The van der Waals surface area contributed by atoms with E-state index < -0.39 is 9.04 Å². The largest absolute Gasteiger partial charge is 0.423 e. The third kappa shape index (κ3) is 5.54. The molecule has 2 nitrogen and oxygen atoms in total. The molecule has 0 saturated carbocycles. The third-order valence-corrected chi connectivity index (χ3v) is 8.01. The summed E-state index contributed by atoms with van der Waals surface area (Å²) in [5, 5.41) is 0.625. The summed E-state index contributed by atoms with van der Waals surface area (Å²) in [6, 6.07) is 1.42. The maximum atomic E-state index is 5.76. The van der Waals surface area contributed by atoms with E-state index >= 15 is 0 Å². The Morgan fingerprint density at radius 1 is 1.12 bits per heavy atom. The molecule has 0 amide bonds. The summed E-state index contributed by atoms with van der Waals surface area (Å²) < 4.78 is 5.76. The highest BCUT2D eigenvalue weighted by Gasteiger charge is 2.39. The first-order chi connectivity index (χ1) is 7.73. The Morgan fingerprint density at radius 2 is 1.76 bits per heavy atom. The number of hydrogen-bond donors (Lipinski definition) is 1. The van der Waals surface area contributed by atoms with Crippen LogP contribution in [0.3, 0.4) is 0 Å². The summed E-state index contributed by atoms with van der Waals surface area (Å²) in [4.78, 5) is 0. The second-order valence-electron chi connectivity index (χ2n) is 5.79. The molecule has 0 aromatic carbocycles. The average molecular weight is 260 g/mol. The van der Waals surface area contributed by atoms with Gasteiger partial charge in [-0.1, -0.05) is 58.8 Å². The standard InChI is InChI=1S/C14H30OSi.H3N/c1-4-5-6-7-8-9-11-14(2)12-10-13-16(14)15-3;/h16H,4-13H2,1-3H3;1H3. The van der Waals surface area contributed by atoms with Gasteiger partial charge in [0.2, 0.25) is 0 Å². The van der Waals surface area contributed by atoms with Crippen molar-refractivity contribution in [2.24, 2.45) is 0 Å². The zero-order valence-corrected chi connectivity index (χ0v) is 13.4. The molecule has 1 rings (SSSR count). The Hall–Kier alpha value is 0.137. The van der Waals surface area contributed by atoms with Crippen molar-refractivity contribution >= 4 is 9.04 Å². The maximum absolute atomic E-state index is 5.76. The van der Waals surface area contributed by atoms with Crippen molar-refractivity contribution in [3.63, 3.8) is 0 Å². The Labute approximate surface area is 110 Å². The average Bonchev–Trinajstić information content (AvgIpc) is 2.65. The molecule has 104 valence electrons. The molecular weight excluding hydrogens is 226 g/mol. The van der Waals surface area contributed by atoms with Gasteiger partial charge in [-0.05, 0) is 23.9 Å². The van der Waals surface area contributed by atoms with E-state index in [4.69, 9.17) is 4.43 Å². The molecule has 2 unspecified atom stereocenters. The molecule has 1 aliphatic heterocycles. The van der Waals surface area contributed by atoms with E-state index in [1.54, 1.807) is 0 Å². The molecule has 0 spiro atoms. The first kappa shape index (κ1) is 17.1. The van der Waals surface area contributed by atoms with Gasteiger partial charge in [0.25, 0.3) is 0 Å². The molecule has 0 aromatic rings. The van der Waals surface area contributed by atoms with Crippen molar-refractivity contribution in [2.45, 2.75) is 82.7 Å². The lowest BCUT2D eigenvalue weighted by atomic mass is 9.97. The Balaban J connectivity index is 0.00000256. The molecule has 3 N–H and O–H groups in total. The van der Waals surface area contributed by atoms with Crippen LogP contribution >= 0.6 is 0 Å². The van der Waals surface area contributed by atoms with Crippen LogP contribution in [0.1, 0.15) is 71.6 Å². The minimum Gasteiger partial charge on any atom is -0.423 e. The van der Waals surface area contributed by atoms with Gasteiger partial charge in [-0.3, -0.25) is 0 Å². The Bertz CT molecular complexity index is 189. The molecule has 2 atom stereocenters. The van der Waals surface area contributed by atoms with Crippen LogP contribution in [0.2, 0.25) is 11.1 Å². The Morgan fingerprint density at radius 3 is 2.41 bits per heavy atom. The summed E-state index contributed by atoms with van der Waals surface area (Å²) in [6.45, 7) is 4.78. The van der Waals surface area contributed by atoms with Crippen molar-refractivity contribution < 1.29 is 4.43 Å². The number of unbranched alkanes of at least 4 members (excludes halogenated alkanes) is 5. The SMILES string of the molecule is CCCCCCCCC1(C)CCC[SiH]1OC.N. The minimum atomic E-state index is -0.855. The highest BCUT2D eigenvalue weighted by atomic mass is 28.3. The van der Waals surface area contributed by atoms with Crippen molar-refractivity contribution in [1.29, 1.82) is 0 Å². The van der Waals surface area contributed by atoms with Gasteiger partial charge in [-0.2, -0.15) is 0 Å². The molecule has 17 heavy (non-hydrogen) atoms. The van der Waals surface area contributed by atoms with Crippen molar-refractivity contribution in [3.05, 3.63) is 0 Å². The second kappa shape index (κ2) is 9.12. The van der Waals surface area contributed by atoms with Gasteiger partial charge in [0.1, 0.15) is 0 Å². The highest BCUT2D eigenvalue weighted by Crippen LogP contribution is 2.48. The van der Waals surface area contributed by atoms with Gasteiger partial charge in [0.15, 0.2) is 9.04 Å². The van der Waals surface area contributed by atoms with Crippen LogP contribution in [0.15, 0.2) is 0 Å². The third-order valence-electron chi connectivity index (χ3n) is 4.38. The normalized spacial score (nSPS) is 28.1. The molecule has 0 bridgehead atoms. The molecule has 0 aromatic heterocycles. The van der Waals surface area contributed by atoms with Crippen LogP contribution in [0.4, 0.5) is 0 Å².